The van der Waals surface area contributed by atoms with Crippen LogP contribution in [0.1, 0.15) is 22.6 Å². The van der Waals surface area contributed by atoms with Crippen LogP contribution >= 0.6 is 0 Å². The number of nitrogens with zero attached hydrogens (tertiary/aromatic N) is 4. The second-order valence-electron chi connectivity index (χ2n) is 5.44. The van der Waals surface area contributed by atoms with E-state index in [2.05, 4.69) is 14.5 Å². The van der Waals surface area contributed by atoms with Gasteiger partial charge in [-0.15, -0.1) is 0 Å². The Hall–Kier alpha value is -2.24. The molecule has 0 aromatic carbocycles. The van der Waals surface area contributed by atoms with Crippen molar-refractivity contribution in [2.24, 2.45) is 5.92 Å². The maximum Gasteiger partial charge on any atom is 0.256 e. The Labute approximate surface area is 122 Å². The summed E-state index contributed by atoms with van der Waals surface area (Å²) in [5.41, 5.74) is 0.0739. The normalized spacial score (nSPS) is 17.3. The van der Waals surface area contributed by atoms with Crippen molar-refractivity contribution >= 4 is 5.91 Å². The van der Waals surface area contributed by atoms with Crippen LogP contribution in [0.4, 0.5) is 4.39 Å². The van der Waals surface area contributed by atoms with Crippen molar-refractivity contribution in [2.75, 3.05) is 13.6 Å². The molecule has 110 valence electrons. The molecule has 5 nitrogen and oxygen atoms in total. The Balaban J connectivity index is 1.66. The Morgan fingerprint density at radius 2 is 2.38 bits per heavy atom. The lowest BCUT2D eigenvalue weighted by atomic mass is 9.97. The molecule has 3 heterocycles. The summed E-state index contributed by atoms with van der Waals surface area (Å²) < 4.78 is 15.8. The number of pyridine rings is 1. The average molecular weight is 288 g/mol. The van der Waals surface area contributed by atoms with E-state index in [0.29, 0.717) is 12.5 Å². The van der Waals surface area contributed by atoms with Gasteiger partial charge in [0.05, 0.1) is 11.8 Å². The van der Waals surface area contributed by atoms with Crippen molar-refractivity contribution in [1.82, 2.24) is 19.4 Å². The van der Waals surface area contributed by atoms with Gasteiger partial charge in [-0.1, -0.05) is 0 Å². The van der Waals surface area contributed by atoms with Crippen molar-refractivity contribution < 1.29 is 9.18 Å². The molecule has 0 aliphatic carbocycles. The molecular formula is C15H17FN4O. The first kappa shape index (κ1) is 13.7. The number of rotatable bonds is 3. The van der Waals surface area contributed by atoms with Crippen LogP contribution in [0.2, 0.25) is 0 Å². The van der Waals surface area contributed by atoms with Gasteiger partial charge in [0.2, 0.25) is 0 Å². The zero-order valence-corrected chi connectivity index (χ0v) is 11.9. The van der Waals surface area contributed by atoms with E-state index in [9.17, 15) is 9.18 Å². The molecule has 6 heteroatoms. The quantitative estimate of drug-likeness (QED) is 0.864. The van der Waals surface area contributed by atoms with E-state index in [4.69, 9.17) is 0 Å². The fourth-order valence-electron chi connectivity index (χ4n) is 2.80. The molecule has 2 aromatic rings. The molecule has 0 N–H and O–H groups in total. The largest absolute Gasteiger partial charge is 0.341 e. The first-order valence-corrected chi connectivity index (χ1v) is 7.00. The lowest BCUT2D eigenvalue weighted by molar-refractivity contribution is 0.0759. The van der Waals surface area contributed by atoms with E-state index in [1.165, 1.54) is 12.3 Å². The lowest BCUT2D eigenvalue weighted by Gasteiger charge is -2.27. The zero-order valence-electron chi connectivity index (χ0n) is 11.9. The molecule has 2 aromatic heterocycles. The Morgan fingerprint density at radius 1 is 1.52 bits per heavy atom. The SMILES string of the molecule is CN(C[C@@H]1CCn2ccnc2C1)C(=O)c1ccncc1F. The van der Waals surface area contributed by atoms with Gasteiger partial charge in [-0.3, -0.25) is 9.78 Å². The maximum absolute atomic E-state index is 13.6. The van der Waals surface area contributed by atoms with E-state index < -0.39 is 5.82 Å². The van der Waals surface area contributed by atoms with Crippen LogP contribution in [0.15, 0.2) is 30.9 Å². The van der Waals surface area contributed by atoms with Crippen LogP contribution < -0.4 is 0 Å². The van der Waals surface area contributed by atoms with E-state index in [-0.39, 0.29) is 11.5 Å². The summed E-state index contributed by atoms with van der Waals surface area (Å²) in [7, 11) is 1.71. The molecule has 0 fully saturated rings. The summed E-state index contributed by atoms with van der Waals surface area (Å²) in [6.07, 6.45) is 8.13. The number of aromatic nitrogens is 3. The minimum absolute atomic E-state index is 0.0739. The van der Waals surface area contributed by atoms with Crippen LogP contribution in [0, 0.1) is 11.7 Å². The van der Waals surface area contributed by atoms with Crippen molar-refractivity contribution in [1.29, 1.82) is 0 Å². The first-order valence-electron chi connectivity index (χ1n) is 7.00. The van der Waals surface area contributed by atoms with Gasteiger partial charge >= 0.3 is 0 Å². The summed E-state index contributed by atoms with van der Waals surface area (Å²) in [6, 6.07) is 1.42. The van der Waals surface area contributed by atoms with Gasteiger partial charge in [-0.25, -0.2) is 9.37 Å². The molecule has 0 radical (unpaired) electrons. The highest BCUT2D eigenvalue weighted by Crippen LogP contribution is 2.20. The minimum atomic E-state index is -0.575. The summed E-state index contributed by atoms with van der Waals surface area (Å²) in [4.78, 5) is 21.8. The lowest BCUT2D eigenvalue weighted by Crippen LogP contribution is -2.35. The van der Waals surface area contributed by atoms with E-state index in [0.717, 1.165) is 31.4 Å². The van der Waals surface area contributed by atoms with Gasteiger partial charge in [0.1, 0.15) is 5.82 Å². The molecule has 0 saturated carbocycles. The predicted molar refractivity (Wildman–Crippen MR) is 75.2 cm³/mol. The Bertz CT molecular complexity index is 655. The van der Waals surface area contributed by atoms with Gasteiger partial charge in [0.25, 0.3) is 5.91 Å². The van der Waals surface area contributed by atoms with Crippen LogP contribution in [-0.4, -0.2) is 38.9 Å². The number of halogens is 1. The third-order valence-electron chi connectivity index (χ3n) is 3.93. The van der Waals surface area contributed by atoms with Crippen molar-refractivity contribution in [2.45, 2.75) is 19.4 Å². The van der Waals surface area contributed by atoms with Crippen LogP contribution in [-0.2, 0) is 13.0 Å². The molecule has 1 aliphatic rings. The van der Waals surface area contributed by atoms with Gasteiger partial charge in [-0.05, 0) is 18.4 Å². The van der Waals surface area contributed by atoms with Crippen molar-refractivity contribution in [3.8, 4) is 0 Å². The molecule has 0 unspecified atom stereocenters. The van der Waals surface area contributed by atoms with Crippen LogP contribution in [0.3, 0.4) is 0 Å². The third kappa shape index (κ3) is 2.79. The summed E-state index contributed by atoms with van der Waals surface area (Å²) in [5.74, 6) is 0.540. The smallest absolute Gasteiger partial charge is 0.256 e. The molecular weight excluding hydrogens is 271 g/mol. The van der Waals surface area contributed by atoms with Gasteiger partial charge < -0.3 is 9.47 Å². The number of carbonyl (C=O) groups excluding carboxylic acids is 1. The average Bonchev–Trinajstić information content (AvgIpc) is 2.94. The Morgan fingerprint density at radius 3 is 3.19 bits per heavy atom. The number of aryl methyl sites for hydroxylation is 1. The van der Waals surface area contributed by atoms with E-state index >= 15 is 0 Å². The first-order chi connectivity index (χ1) is 10.1. The van der Waals surface area contributed by atoms with Gasteiger partial charge in [-0.2, -0.15) is 0 Å². The van der Waals surface area contributed by atoms with Crippen molar-refractivity contribution in [3.05, 3.63) is 48.1 Å². The fraction of sp³-hybridized carbons (Fsp3) is 0.400. The molecule has 1 aliphatic heterocycles. The number of carbonyl (C=O) groups is 1. The molecule has 21 heavy (non-hydrogen) atoms. The Kier molecular flexibility index (Phi) is 3.68. The summed E-state index contributed by atoms with van der Waals surface area (Å²) in [5, 5.41) is 0. The molecule has 0 spiro atoms. The number of hydrogen-bond donors (Lipinski definition) is 0. The van der Waals surface area contributed by atoms with Gasteiger partial charge in [0.15, 0.2) is 5.82 Å². The molecule has 1 atom stereocenters. The van der Waals surface area contributed by atoms with Crippen LogP contribution in [0.25, 0.3) is 0 Å². The summed E-state index contributed by atoms with van der Waals surface area (Å²) >= 11 is 0. The van der Waals surface area contributed by atoms with E-state index in [1.807, 2.05) is 6.20 Å². The molecule has 0 saturated heterocycles. The number of fused-ring (bicyclic) bond motifs is 1. The topological polar surface area (TPSA) is 51.0 Å². The van der Waals surface area contributed by atoms with E-state index in [1.54, 1.807) is 18.1 Å². The second-order valence-corrected chi connectivity index (χ2v) is 5.44. The monoisotopic (exact) mass is 288 g/mol. The highest BCUT2D eigenvalue weighted by molar-refractivity contribution is 5.94. The molecule has 3 rings (SSSR count). The predicted octanol–water partition coefficient (Wildman–Crippen LogP) is 1.75. The summed E-state index contributed by atoms with van der Waals surface area (Å²) in [6.45, 7) is 1.53. The van der Waals surface area contributed by atoms with Crippen LogP contribution in [0.5, 0.6) is 0 Å². The highest BCUT2D eigenvalue weighted by Gasteiger charge is 2.23. The number of imidazole rings is 1. The second kappa shape index (κ2) is 5.63. The minimum Gasteiger partial charge on any atom is -0.341 e. The van der Waals surface area contributed by atoms with Gasteiger partial charge in [0, 0.05) is 45.1 Å². The third-order valence-corrected chi connectivity index (χ3v) is 3.93. The zero-order chi connectivity index (χ0) is 14.8. The number of hydrogen-bond acceptors (Lipinski definition) is 3. The highest BCUT2D eigenvalue weighted by atomic mass is 19.1. The fourth-order valence-corrected chi connectivity index (χ4v) is 2.80. The standard InChI is InChI=1S/C15H17FN4O/c1-19(15(21)12-2-4-17-9-13(12)16)10-11-3-6-20-7-5-18-14(20)8-11/h2,4-5,7,9,11H,3,6,8,10H2,1H3/t11-/m1/s1. The maximum atomic E-state index is 13.6. The molecule has 0 bridgehead atoms. The van der Waals surface area contributed by atoms with Crippen molar-refractivity contribution in [3.63, 3.8) is 0 Å². The molecule has 1 amide bonds. The number of amides is 1.